The van der Waals surface area contributed by atoms with E-state index >= 15 is 0 Å². The first-order valence-electron chi connectivity index (χ1n) is 10.2. The van der Waals surface area contributed by atoms with Crippen molar-refractivity contribution in [1.82, 2.24) is 19.0 Å². The Morgan fingerprint density at radius 1 is 1.03 bits per heavy atom. The fourth-order valence-corrected chi connectivity index (χ4v) is 5.14. The van der Waals surface area contributed by atoms with Gasteiger partial charge in [0.2, 0.25) is 10.0 Å². The molecule has 0 aliphatic carbocycles. The number of halogens is 2. The molecule has 174 valence electrons. The van der Waals surface area contributed by atoms with Crippen LogP contribution in [0.4, 0.5) is 8.78 Å². The molecule has 0 unspecified atom stereocenters. The van der Waals surface area contributed by atoms with Crippen LogP contribution in [0.5, 0.6) is 5.75 Å². The third kappa shape index (κ3) is 4.46. The number of aromatic nitrogens is 2. The summed E-state index contributed by atoms with van der Waals surface area (Å²) in [6.07, 6.45) is 1.66. The normalized spacial score (nSPS) is 15.0. The lowest BCUT2D eigenvalue weighted by atomic mass is 10.2. The van der Waals surface area contributed by atoms with Crippen molar-refractivity contribution in [3.05, 3.63) is 71.6 Å². The average molecular weight is 477 g/mol. The fraction of sp³-hybridized carbons (Fsp3) is 0.273. The zero-order chi connectivity index (χ0) is 23.8. The summed E-state index contributed by atoms with van der Waals surface area (Å²) in [6, 6.07) is 9.53. The van der Waals surface area contributed by atoms with Crippen molar-refractivity contribution in [3.63, 3.8) is 0 Å². The Kier molecular flexibility index (Phi) is 6.17. The Labute approximate surface area is 190 Å². The monoisotopic (exact) mass is 476 g/mol. The van der Waals surface area contributed by atoms with E-state index in [4.69, 9.17) is 4.74 Å². The number of nitrogens with zero attached hydrogens (tertiary/aromatic N) is 4. The Morgan fingerprint density at radius 2 is 1.76 bits per heavy atom. The molecule has 0 N–H and O–H groups in total. The Bertz CT molecular complexity index is 1300. The van der Waals surface area contributed by atoms with Crippen molar-refractivity contribution < 1.29 is 26.7 Å². The molecule has 1 amide bonds. The number of rotatable bonds is 5. The minimum atomic E-state index is -4.15. The molecule has 8 nitrogen and oxygen atoms in total. The molecule has 3 aromatic rings. The van der Waals surface area contributed by atoms with E-state index in [-0.39, 0.29) is 37.8 Å². The molecule has 33 heavy (non-hydrogen) atoms. The van der Waals surface area contributed by atoms with Gasteiger partial charge in [-0.05, 0) is 42.8 Å². The maximum absolute atomic E-state index is 14.0. The van der Waals surface area contributed by atoms with Gasteiger partial charge in [0.15, 0.2) is 5.69 Å². The largest absolute Gasteiger partial charge is 0.494 e. The van der Waals surface area contributed by atoms with Crippen LogP contribution in [0.1, 0.15) is 16.1 Å². The van der Waals surface area contributed by atoms with Gasteiger partial charge in [0.05, 0.1) is 7.11 Å². The number of carbonyl (C=O) groups is 1. The molecule has 0 spiro atoms. The number of carbonyl (C=O) groups excluding carboxylic acids is 1. The lowest BCUT2D eigenvalue weighted by molar-refractivity contribution is 0.0691. The number of hydrogen-bond donors (Lipinski definition) is 0. The lowest BCUT2D eigenvalue weighted by Crippen LogP contribution is -2.50. The SMILES string of the molecule is COc1ccc(C)cc1-n1ccc(C(=O)N2CCN(S(=O)(=O)c3ccc(F)cc3F)CC2)n1. The number of sulfonamides is 1. The summed E-state index contributed by atoms with van der Waals surface area (Å²) in [7, 11) is -2.60. The van der Waals surface area contributed by atoms with E-state index in [1.807, 2.05) is 25.1 Å². The second-order valence-corrected chi connectivity index (χ2v) is 9.50. The summed E-state index contributed by atoms with van der Waals surface area (Å²) in [5.41, 5.74) is 1.90. The van der Waals surface area contributed by atoms with Crippen LogP contribution in [-0.4, -0.2) is 66.6 Å². The van der Waals surface area contributed by atoms with E-state index in [0.717, 1.165) is 22.0 Å². The molecule has 2 aromatic carbocycles. The van der Waals surface area contributed by atoms with Gasteiger partial charge < -0.3 is 9.64 Å². The second kappa shape index (κ2) is 8.91. The fourth-order valence-electron chi connectivity index (χ4n) is 3.67. The lowest BCUT2D eigenvalue weighted by Gasteiger charge is -2.33. The summed E-state index contributed by atoms with van der Waals surface area (Å²) in [6.45, 7) is 2.13. The van der Waals surface area contributed by atoms with Crippen LogP contribution in [0.3, 0.4) is 0 Å². The van der Waals surface area contributed by atoms with Gasteiger partial charge in [0.1, 0.15) is 28.0 Å². The Hall–Kier alpha value is -3.31. The van der Waals surface area contributed by atoms with E-state index < -0.39 is 26.6 Å². The number of methoxy groups -OCH3 is 1. The molecule has 4 rings (SSSR count). The highest BCUT2D eigenvalue weighted by molar-refractivity contribution is 7.89. The van der Waals surface area contributed by atoms with Crippen molar-refractivity contribution in [2.75, 3.05) is 33.3 Å². The van der Waals surface area contributed by atoms with Crippen molar-refractivity contribution in [2.45, 2.75) is 11.8 Å². The van der Waals surface area contributed by atoms with Crippen LogP contribution in [0.25, 0.3) is 5.69 Å². The van der Waals surface area contributed by atoms with Crippen LogP contribution >= 0.6 is 0 Å². The molecule has 0 saturated carbocycles. The van der Waals surface area contributed by atoms with E-state index in [2.05, 4.69) is 5.10 Å². The molecule has 0 radical (unpaired) electrons. The maximum atomic E-state index is 14.0. The van der Waals surface area contributed by atoms with Crippen LogP contribution in [-0.2, 0) is 10.0 Å². The maximum Gasteiger partial charge on any atom is 0.274 e. The highest BCUT2D eigenvalue weighted by Crippen LogP contribution is 2.24. The smallest absolute Gasteiger partial charge is 0.274 e. The summed E-state index contributed by atoms with van der Waals surface area (Å²) in [5.74, 6) is -1.74. The molecule has 1 aliphatic heterocycles. The van der Waals surface area contributed by atoms with Gasteiger partial charge in [-0.25, -0.2) is 21.9 Å². The zero-order valence-electron chi connectivity index (χ0n) is 18.0. The Balaban J connectivity index is 1.47. The van der Waals surface area contributed by atoms with E-state index in [9.17, 15) is 22.0 Å². The highest BCUT2D eigenvalue weighted by atomic mass is 32.2. The molecule has 1 saturated heterocycles. The van der Waals surface area contributed by atoms with E-state index in [1.54, 1.807) is 24.1 Å². The van der Waals surface area contributed by atoms with Gasteiger partial charge in [0.25, 0.3) is 5.91 Å². The quantitative estimate of drug-likeness (QED) is 0.565. The third-order valence-electron chi connectivity index (χ3n) is 5.43. The van der Waals surface area contributed by atoms with Gasteiger partial charge in [-0.15, -0.1) is 0 Å². The van der Waals surface area contributed by atoms with Crippen molar-refractivity contribution in [1.29, 1.82) is 0 Å². The molecule has 11 heteroatoms. The number of benzene rings is 2. The standard InChI is InChI=1S/C22H22F2N4O4S/c1-15-3-5-20(32-2)19(13-15)28-8-7-18(25-28)22(29)26-9-11-27(12-10-26)33(30,31)21-6-4-16(23)14-17(21)24/h3-8,13-14H,9-12H2,1-2H3. The topological polar surface area (TPSA) is 84.7 Å². The first-order valence-corrected chi connectivity index (χ1v) is 11.6. The Morgan fingerprint density at radius 3 is 2.42 bits per heavy atom. The van der Waals surface area contributed by atoms with E-state index in [0.29, 0.717) is 17.5 Å². The molecule has 2 heterocycles. The van der Waals surface area contributed by atoms with Crippen LogP contribution in [0.2, 0.25) is 0 Å². The summed E-state index contributed by atoms with van der Waals surface area (Å²) in [5, 5.41) is 4.37. The second-order valence-electron chi connectivity index (χ2n) is 7.59. The molecule has 0 bridgehead atoms. The summed E-state index contributed by atoms with van der Waals surface area (Å²) in [4.78, 5) is 13.8. The number of piperazine rings is 1. The third-order valence-corrected chi connectivity index (χ3v) is 7.36. The molecule has 1 aliphatic rings. The van der Waals surface area contributed by atoms with Gasteiger partial charge in [-0.1, -0.05) is 6.07 Å². The highest BCUT2D eigenvalue weighted by Gasteiger charge is 2.32. The molecular formula is C22H22F2N4O4S. The van der Waals surface area contributed by atoms with Gasteiger partial charge in [-0.3, -0.25) is 4.79 Å². The van der Waals surface area contributed by atoms with Crippen molar-refractivity contribution in [3.8, 4) is 11.4 Å². The van der Waals surface area contributed by atoms with Gasteiger partial charge >= 0.3 is 0 Å². The van der Waals surface area contributed by atoms with Crippen molar-refractivity contribution in [2.24, 2.45) is 0 Å². The predicted octanol–water partition coefficient (Wildman–Crippen LogP) is 2.61. The zero-order valence-corrected chi connectivity index (χ0v) is 18.8. The first kappa shape index (κ1) is 22.9. The number of ether oxygens (including phenoxy) is 1. The summed E-state index contributed by atoms with van der Waals surface area (Å²) < 4.78 is 60.7. The molecule has 0 atom stereocenters. The predicted molar refractivity (Wildman–Crippen MR) is 116 cm³/mol. The number of aryl methyl sites for hydroxylation is 1. The minimum absolute atomic E-state index is 0.0166. The van der Waals surface area contributed by atoms with Gasteiger partial charge in [-0.2, -0.15) is 9.40 Å². The number of hydrogen-bond acceptors (Lipinski definition) is 5. The van der Waals surface area contributed by atoms with Crippen LogP contribution in [0, 0.1) is 18.6 Å². The van der Waals surface area contributed by atoms with Crippen molar-refractivity contribution >= 4 is 15.9 Å². The van der Waals surface area contributed by atoms with Crippen LogP contribution in [0.15, 0.2) is 53.6 Å². The summed E-state index contributed by atoms with van der Waals surface area (Å²) >= 11 is 0. The molecule has 1 fully saturated rings. The van der Waals surface area contributed by atoms with Crippen LogP contribution < -0.4 is 4.74 Å². The van der Waals surface area contributed by atoms with Gasteiger partial charge in [0, 0.05) is 38.4 Å². The minimum Gasteiger partial charge on any atom is -0.494 e. The first-order chi connectivity index (χ1) is 15.7. The molecular weight excluding hydrogens is 454 g/mol. The average Bonchev–Trinajstić information content (AvgIpc) is 3.28. The molecule has 1 aromatic heterocycles. The van der Waals surface area contributed by atoms with E-state index in [1.165, 1.54) is 4.90 Å². The number of amides is 1.